The fraction of sp³-hybridized carbons (Fsp3) is 0.696. The van der Waals surface area contributed by atoms with Crippen molar-refractivity contribution < 1.29 is 9.47 Å². The summed E-state index contributed by atoms with van der Waals surface area (Å²) in [6, 6.07) is 10.9. The van der Waals surface area contributed by atoms with Gasteiger partial charge in [0.2, 0.25) is 0 Å². The smallest absolute Gasteiger partial charge is 0.0589 e. The van der Waals surface area contributed by atoms with Crippen LogP contribution in [0.25, 0.3) is 0 Å². The lowest BCUT2D eigenvalue weighted by Crippen LogP contribution is -2.24. The standard InChI is InChI=1S/C23H38NO2/c1-24(17-19-25-2)16-8-3-4-9-18-26-23-14-12-22(13-15-23)20-21-10-6-5-7-11-21/h5-7,10-11,23H,3-4,8-9,12-20H2,1-2H3. The number of hydrogen-bond donors (Lipinski definition) is 0. The van der Waals surface area contributed by atoms with Gasteiger partial charge in [-0.15, -0.1) is 0 Å². The summed E-state index contributed by atoms with van der Waals surface area (Å²) in [5.74, 6) is 1.70. The zero-order chi connectivity index (χ0) is 18.5. The number of nitrogens with zero attached hydrogens (tertiary/aromatic N) is 1. The van der Waals surface area contributed by atoms with Crippen LogP contribution in [0.4, 0.5) is 0 Å². The maximum Gasteiger partial charge on any atom is 0.0589 e. The molecule has 147 valence electrons. The highest BCUT2D eigenvalue weighted by Gasteiger charge is 2.22. The molecule has 0 amide bonds. The largest absolute Gasteiger partial charge is 0.383 e. The van der Waals surface area contributed by atoms with E-state index in [2.05, 4.69) is 42.3 Å². The number of likely N-dealkylation sites (N-methyl/N-ethyl adjacent to an activating group) is 1. The van der Waals surface area contributed by atoms with Crippen LogP contribution in [-0.2, 0) is 15.9 Å². The molecule has 2 rings (SSSR count). The van der Waals surface area contributed by atoms with Crippen molar-refractivity contribution in [3.05, 3.63) is 41.8 Å². The molecule has 0 spiro atoms. The first kappa shape index (κ1) is 21.4. The van der Waals surface area contributed by atoms with Gasteiger partial charge in [0.05, 0.1) is 12.7 Å². The summed E-state index contributed by atoms with van der Waals surface area (Å²) in [5.41, 5.74) is 1.45. The van der Waals surface area contributed by atoms with Gasteiger partial charge >= 0.3 is 0 Å². The first-order valence-corrected chi connectivity index (χ1v) is 10.4. The zero-order valence-corrected chi connectivity index (χ0v) is 16.9. The third kappa shape index (κ3) is 9.16. The van der Waals surface area contributed by atoms with Crippen molar-refractivity contribution in [1.29, 1.82) is 0 Å². The van der Waals surface area contributed by atoms with Gasteiger partial charge in [-0.1, -0.05) is 43.2 Å². The molecule has 3 heteroatoms. The molecule has 3 nitrogen and oxygen atoms in total. The summed E-state index contributed by atoms with van der Waals surface area (Å²) in [5, 5.41) is 0. The number of benzene rings is 1. The van der Waals surface area contributed by atoms with Crippen LogP contribution in [-0.4, -0.2) is 51.5 Å². The van der Waals surface area contributed by atoms with E-state index in [1.807, 2.05) is 0 Å². The van der Waals surface area contributed by atoms with E-state index in [1.54, 1.807) is 13.0 Å². The van der Waals surface area contributed by atoms with E-state index in [-0.39, 0.29) is 0 Å². The van der Waals surface area contributed by atoms with Gasteiger partial charge in [-0.2, -0.15) is 0 Å². The molecule has 1 aromatic carbocycles. The third-order valence-electron chi connectivity index (χ3n) is 5.40. The number of rotatable bonds is 13. The van der Waals surface area contributed by atoms with Gasteiger partial charge < -0.3 is 14.4 Å². The van der Waals surface area contributed by atoms with Crippen LogP contribution in [0.15, 0.2) is 30.3 Å². The Hall–Kier alpha value is -0.900. The van der Waals surface area contributed by atoms with Crippen molar-refractivity contribution in [2.24, 2.45) is 0 Å². The van der Waals surface area contributed by atoms with Crippen molar-refractivity contribution >= 4 is 0 Å². The Morgan fingerprint density at radius 2 is 1.65 bits per heavy atom. The lowest BCUT2D eigenvalue weighted by atomic mass is 9.83. The molecule has 26 heavy (non-hydrogen) atoms. The van der Waals surface area contributed by atoms with E-state index in [9.17, 15) is 0 Å². The Labute approximate surface area is 161 Å². The Bertz CT molecular complexity index is 443. The van der Waals surface area contributed by atoms with Crippen LogP contribution in [0.5, 0.6) is 0 Å². The average molecular weight is 361 g/mol. The van der Waals surface area contributed by atoms with Crippen molar-refractivity contribution in [3.63, 3.8) is 0 Å². The maximum absolute atomic E-state index is 6.12. The summed E-state index contributed by atoms with van der Waals surface area (Å²) in [7, 11) is 3.94. The number of methoxy groups -OCH3 is 1. The number of unbranched alkanes of at least 4 members (excludes halogenated alkanes) is 3. The second kappa shape index (κ2) is 13.3. The summed E-state index contributed by atoms with van der Waals surface area (Å²) in [6.07, 6.45) is 11.7. The lowest BCUT2D eigenvalue weighted by molar-refractivity contribution is 0.0291. The van der Waals surface area contributed by atoms with Crippen LogP contribution in [0.1, 0.15) is 56.9 Å². The molecule has 0 heterocycles. The molecule has 0 unspecified atom stereocenters. The van der Waals surface area contributed by atoms with E-state index in [0.717, 1.165) is 26.2 Å². The molecule has 0 bridgehead atoms. The minimum Gasteiger partial charge on any atom is -0.383 e. The van der Waals surface area contributed by atoms with E-state index < -0.39 is 0 Å². The Kier molecular flexibility index (Phi) is 10.9. The van der Waals surface area contributed by atoms with Crippen LogP contribution < -0.4 is 0 Å². The molecule has 1 aliphatic carbocycles. The molecule has 1 radical (unpaired) electrons. The van der Waals surface area contributed by atoms with Crippen molar-refractivity contribution in [2.75, 3.05) is 40.5 Å². The second-order valence-corrected chi connectivity index (χ2v) is 7.69. The van der Waals surface area contributed by atoms with Gasteiger partial charge in [-0.25, -0.2) is 0 Å². The van der Waals surface area contributed by atoms with Crippen LogP contribution in [0, 0.1) is 5.92 Å². The second-order valence-electron chi connectivity index (χ2n) is 7.69. The topological polar surface area (TPSA) is 21.7 Å². The monoisotopic (exact) mass is 360 g/mol. The normalized spacial score (nSPS) is 16.4. The molecular formula is C23H38NO2. The van der Waals surface area contributed by atoms with Gasteiger partial charge in [-0.05, 0) is 70.0 Å². The molecular weight excluding hydrogens is 322 g/mol. The lowest BCUT2D eigenvalue weighted by Gasteiger charge is -2.28. The zero-order valence-electron chi connectivity index (χ0n) is 16.9. The summed E-state index contributed by atoms with van der Waals surface area (Å²) in [6.45, 7) is 3.98. The fourth-order valence-electron chi connectivity index (χ4n) is 3.67. The predicted molar refractivity (Wildman–Crippen MR) is 109 cm³/mol. The van der Waals surface area contributed by atoms with E-state index in [1.165, 1.54) is 63.5 Å². The molecule has 0 aromatic heterocycles. The van der Waals surface area contributed by atoms with Gasteiger partial charge in [-0.3, -0.25) is 0 Å². The fourth-order valence-corrected chi connectivity index (χ4v) is 3.67. The number of ether oxygens (including phenoxy) is 2. The van der Waals surface area contributed by atoms with Crippen molar-refractivity contribution in [1.82, 2.24) is 4.90 Å². The summed E-state index contributed by atoms with van der Waals surface area (Å²) >= 11 is 0. The van der Waals surface area contributed by atoms with Gasteiger partial charge in [0.25, 0.3) is 0 Å². The summed E-state index contributed by atoms with van der Waals surface area (Å²) in [4.78, 5) is 2.35. The molecule has 0 saturated heterocycles. The Morgan fingerprint density at radius 1 is 0.923 bits per heavy atom. The van der Waals surface area contributed by atoms with Crippen LogP contribution in [0.2, 0.25) is 0 Å². The minimum atomic E-state index is 0.495. The van der Waals surface area contributed by atoms with E-state index in [0.29, 0.717) is 6.10 Å². The molecule has 1 saturated carbocycles. The molecule has 1 aliphatic rings. The Morgan fingerprint density at radius 3 is 2.38 bits per heavy atom. The summed E-state index contributed by atoms with van der Waals surface area (Å²) < 4.78 is 11.2. The van der Waals surface area contributed by atoms with E-state index >= 15 is 0 Å². The highest BCUT2D eigenvalue weighted by Crippen LogP contribution is 2.30. The highest BCUT2D eigenvalue weighted by atomic mass is 16.5. The minimum absolute atomic E-state index is 0.495. The van der Waals surface area contributed by atoms with Gasteiger partial charge in [0, 0.05) is 20.3 Å². The highest BCUT2D eigenvalue weighted by molar-refractivity contribution is 5.19. The predicted octanol–water partition coefficient (Wildman–Crippen LogP) is 4.90. The first-order valence-electron chi connectivity index (χ1n) is 10.4. The molecule has 1 fully saturated rings. The third-order valence-corrected chi connectivity index (χ3v) is 5.40. The molecule has 0 N–H and O–H groups in total. The molecule has 1 aromatic rings. The van der Waals surface area contributed by atoms with Gasteiger partial charge in [0.1, 0.15) is 0 Å². The maximum atomic E-state index is 6.12. The average Bonchev–Trinajstić information content (AvgIpc) is 2.67. The van der Waals surface area contributed by atoms with Crippen LogP contribution >= 0.6 is 0 Å². The van der Waals surface area contributed by atoms with Crippen molar-refractivity contribution in [2.45, 2.75) is 63.9 Å². The SMILES string of the molecule is COCCN(C)CCCCCCOC1CC[C](Cc2ccccc2)CC1. The van der Waals surface area contributed by atoms with Crippen LogP contribution in [0.3, 0.4) is 0 Å². The van der Waals surface area contributed by atoms with Gasteiger partial charge in [0.15, 0.2) is 0 Å². The van der Waals surface area contributed by atoms with E-state index in [4.69, 9.17) is 9.47 Å². The van der Waals surface area contributed by atoms with Crippen molar-refractivity contribution in [3.8, 4) is 0 Å². The molecule has 0 aliphatic heterocycles. The Balaban J connectivity index is 1.43. The molecule has 0 atom stereocenters. The quantitative estimate of drug-likeness (QED) is 0.467. The first-order chi connectivity index (χ1) is 12.8. The number of hydrogen-bond acceptors (Lipinski definition) is 3.